The molecule has 5 rings (SSSR count). The van der Waals surface area contributed by atoms with Crippen molar-refractivity contribution in [3.63, 3.8) is 0 Å². The van der Waals surface area contributed by atoms with Gasteiger partial charge in [-0.15, -0.1) is 5.10 Å². The van der Waals surface area contributed by atoms with Gasteiger partial charge in [-0.3, -0.25) is 0 Å². The molecule has 0 aliphatic rings. The zero-order chi connectivity index (χ0) is 21.2. The average Bonchev–Trinajstić information content (AvgIpc) is 3.27. The predicted octanol–water partition coefficient (Wildman–Crippen LogP) is 4.57. The predicted molar refractivity (Wildman–Crippen MR) is 121 cm³/mol. The lowest BCUT2D eigenvalue weighted by atomic mass is 10.1. The molecule has 2 aromatic heterocycles. The molecule has 0 aliphatic carbocycles. The number of hydrogen-bond acceptors (Lipinski definition) is 6. The molecule has 0 bridgehead atoms. The van der Waals surface area contributed by atoms with Crippen LogP contribution in [0.2, 0.25) is 0 Å². The second kappa shape index (κ2) is 7.95. The van der Waals surface area contributed by atoms with Gasteiger partial charge in [-0.1, -0.05) is 29.5 Å². The van der Waals surface area contributed by atoms with Crippen LogP contribution < -0.4 is 14.8 Å². The Kier molecular flexibility index (Phi) is 4.84. The van der Waals surface area contributed by atoms with Crippen LogP contribution in [0.5, 0.6) is 11.5 Å². The first kappa shape index (κ1) is 18.9. The van der Waals surface area contributed by atoms with Gasteiger partial charge < -0.3 is 14.8 Å². The largest absolute Gasteiger partial charge is 0.497 e. The number of rotatable bonds is 6. The zero-order valence-corrected chi connectivity index (χ0v) is 17.2. The molecule has 0 amide bonds. The van der Waals surface area contributed by atoms with E-state index in [0.29, 0.717) is 12.2 Å². The quantitative estimate of drug-likeness (QED) is 0.441. The molecule has 0 radical (unpaired) electrons. The lowest BCUT2D eigenvalue weighted by molar-refractivity contribution is 0.414. The normalized spacial score (nSPS) is 11.0. The average molecular weight is 411 g/mol. The van der Waals surface area contributed by atoms with E-state index in [2.05, 4.69) is 21.7 Å². The maximum Gasteiger partial charge on any atom is 0.186 e. The van der Waals surface area contributed by atoms with Crippen LogP contribution in [0.3, 0.4) is 0 Å². The summed E-state index contributed by atoms with van der Waals surface area (Å²) in [7, 11) is 3.32. The Balaban J connectivity index is 1.59. The summed E-state index contributed by atoms with van der Waals surface area (Å²) in [5.41, 5.74) is 4.38. The molecule has 0 saturated carbocycles. The summed E-state index contributed by atoms with van der Waals surface area (Å²) in [5.74, 6) is 2.40. The van der Waals surface area contributed by atoms with Crippen LogP contribution in [0, 0.1) is 0 Å². The molecule has 5 aromatic rings. The standard InChI is InChI=1S/C24H21N5O2/c1-30-18-12-10-17(11-13-18)22-24-26-23(25-15-16-6-5-7-19(14-16)31-2)20-8-3-4-9-21(20)29(24)28-27-22/h3-14H,15H2,1-2H3,(H,25,26). The third-order valence-corrected chi connectivity index (χ3v) is 5.21. The van der Waals surface area contributed by atoms with Crippen LogP contribution >= 0.6 is 0 Å². The molecule has 1 N–H and O–H groups in total. The van der Waals surface area contributed by atoms with Crippen molar-refractivity contribution in [3.05, 3.63) is 78.4 Å². The smallest absolute Gasteiger partial charge is 0.186 e. The lowest BCUT2D eigenvalue weighted by Crippen LogP contribution is -2.05. The van der Waals surface area contributed by atoms with Gasteiger partial charge in [-0.25, -0.2) is 4.98 Å². The number of fused-ring (bicyclic) bond motifs is 3. The molecule has 0 fully saturated rings. The minimum Gasteiger partial charge on any atom is -0.497 e. The van der Waals surface area contributed by atoms with Crippen molar-refractivity contribution >= 4 is 22.4 Å². The number of nitrogens with zero attached hydrogens (tertiary/aromatic N) is 4. The zero-order valence-electron chi connectivity index (χ0n) is 17.2. The molecule has 3 aromatic carbocycles. The highest BCUT2D eigenvalue weighted by molar-refractivity contribution is 5.93. The molecule has 7 nitrogen and oxygen atoms in total. The Morgan fingerprint density at radius 2 is 1.68 bits per heavy atom. The third kappa shape index (κ3) is 3.50. The van der Waals surface area contributed by atoms with Crippen LogP contribution in [-0.2, 0) is 6.54 Å². The van der Waals surface area contributed by atoms with Crippen molar-refractivity contribution in [1.29, 1.82) is 0 Å². The molecule has 7 heteroatoms. The van der Waals surface area contributed by atoms with E-state index in [1.54, 1.807) is 18.7 Å². The number of methoxy groups -OCH3 is 2. The number of ether oxygens (including phenoxy) is 2. The van der Waals surface area contributed by atoms with Crippen LogP contribution in [0.25, 0.3) is 27.8 Å². The van der Waals surface area contributed by atoms with Gasteiger partial charge >= 0.3 is 0 Å². The third-order valence-electron chi connectivity index (χ3n) is 5.21. The van der Waals surface area contributed by atoms with E-state index in [-0.39, 0.29) is 0 Å². The fourth-order valence-electron chi connectivity index (χ4n) is 3.60. The fourth-order valence-corrected chi connectivity index (χ4v) is 3.60. The second-order valence-corrected chi connectivity index (χ2v) is 7.08. The summed E-state index contributed by atoms with van der Waals surface area (Å²) in [6, 6.07) is 23.7. The maximum absolute atomic E-state index is 5.33. The SMILES string of the molecule is COc1ccc(-c2nnn3c2nc(NCc2cccc(OC)c2)c2ccccc23)cc1. The summed E-state index contributed by atoms with van der Waals surface area (Å²) >= 11 is 0. The van der Waals surface area contributed by atoms with Crippen LogP contribution in [0.1, 0.15) is 5.56 Å². The Hall–Kier alpha value is -4.13. The highest BCUT2D eigenvalue weighted by Crippen LogP contribution is 2.29. The first-order valence-corrected chi connectivity index (χ1v) is 9.92. The fraction of sp³-hybridized carbons (Fsp3) is 0.125. The van der Waals surface area contributed by atoms with E-state index in [0.717, 1.165) is 45.0 Å². The van der Waals surface area contributed by atoms with Crippen molar-refractivity contribution in [2.45, 2.75) is 6.54 Å². The summed E-state index contributed by atoms with van der Waals surface area (Å²) in [6.07, 6.45) is 0. The van der Waals surface area contributed by atoms with Gasteiger partial charge in [0, 0.05) is 17.5 Å². The number of anilines is 1. The van der Waals surface area contributed by atoms with Crippen molar-refractivity contribution in [3.8, 4) is 22.8 Å². The van der Waals surface area contributed by atoms with Gasteiger partial charge in [-0.2, -0.15) is 4.52 Å². The van der Waals surface area contributed by atoms with Gasteiger partial charge in [-0.05, 0) is 54.1 Å². The van der Waals surface area contributed by atoms with E-state index in [1.165, 1.54) is 0 Å². The number of aromatic nitrogens is 4. The molecule has 2 heterocycles. The second-order valence-electron chi connectivity index (χ2n) is 7.08. The first-order chi connectivity index (χ1) is 15.3. The van der Waals surface area contributed by atoms with Crippen molar-refractivity contribution in [2.75, 3.05) is 19.5 Å². The molecule has 31 heavy (non-hydrogen) atoms. The Bertz CT molecular complexity index is 1360. The van der Waals surface area contributed by atoms with Gasteiger partial charge in [0.1, 0.15) is 23.0 Å². The maximum atomic E-state index is 5.33. The summed E-state index contributed by atoms with van der Waals surface area (Å²) in [4.78, 5) is 4.90. The molecule has 0 unspecified atom stereocenters. The van der Waals surface area contributed by atoms with E-state index in [1.807, 2.05) is 66.7 Å². The molecular formula is C24H21N5O2. The van der Waals surface area contributed by atoms with E-state index in [4.69, 9.17) is 14.5 Å². The minimum absolute atomic E-state index is 0.615. The number of benzene rings is 3. The number of nitrogens with one attached hydrogen (secondary N) is 1. The van der Waals surface area contributed by atoms with Crippen LogP contribution in [0.4, 0.5) is 5.82 Å². The molecule has 0 atom stereocenters. The highest BCUT2D eigenvalue weighted by Gasteiger charge is 2.15. The molecule has 0 saturated heterocycles. The van der Waals surface area contributed by atoms with Crippen molar-refractivity contribution < 1.29 is 9.47 Å². The highest BCUT2D eigenvalue weighted by atomic mass is 16.5. The van der Waals surface area contributed by atoms with Gasteiger partial charge in [0.25, 0.3) is 0 Å². The van der Waals surface area contributed by atoms with Crippen molar-refractivity contribution in [2.24, 2.45) is 0 Å². The molecule has 0 aliphatic heterocycles. The summed E-state index contributed by atoms with van der Waals surface area (Å²) in [6.45, 7) is 0.615. The summed E-state index contributed by atoms with van der Waals surface area (Å²) < 4.78 is 12.4. The summed E-state index contributed by atoms with van der Waals surface area (Å²) in [5, 5.41) is 13.2. The molecule has 0 spiro atoms. The Morgan fingerprint density at radius 1 is 0.871 bits per heavy atom. The first-order valence-electron chi connectivity index (χ1n) is 9.92. The van der Waals surface area contributed by atoms with Gasteiger partial charge in [0.15, 0.2) is 5.65 Å². The molecular weight excluding hydrogens is 390 g/mol. The van der Waals surface area contributed by atoms with Crippen LogP contribution in [0.15, 0.2) is 72.8 Å². The molecule has 154 valence electrons. The van der Waals surface area contributed by atoms with Crippen molar-refractivity contribution in [1.82, 2.24) is 19.8 Å². The monoisotopic (exact) mass is 411 g/mol. The number of para-hydroxylation sites is 1. The van der Waals surface area contributed by atoms with E-state index >= 15 is 0 Å². The number of hydrogen-bond donors (Lipinski definition) is 1. The Morgan fingerprint density at radius 3 is 2.48 bits per heavy atom. The van der Waals surface area contributed by atoms with Crippen LogP contribution in [-0.4, -0.2) is 34.0 Å². The lowest BCUT2D eigenvalue weighted by Gasteiger charge is -2.11. The minimum atomic E-state index is 0.615. The van der Waals surface area contributed by atoms with Gasteiger partial charge in [0.05, 0.1) is 19.7 Å². The van der Waals surface area contributed by atoms with E-state index < -0.39 is 0 Å². The Labute approximate surface area is 179 Å². The van der Waals surface area contributed by atoms with E-state index in [9.17, 15) is 0 Å². The topological polar surface area (TPSA) is 73.6 Å². The van der Waals surface area contributed by atoms with Gasteiger partial charge in [0.2, 0.25) is 0 Å².